The Kier molecular flexibility index (Phi) is 6.38. The second kappa shape index (κ2) is 9.71. The van der Waals surface area contributed by atoms with Crippen molar-refractivity contribution in [2.75, 3.05) is 13.2 Å². The molecule has 0 saturated carbocycles. The van der Waals surface area contributed by atoms with Gasteiger partial charge in [0.15, 0.2) is 6.61 Å². The maximum atomic E-state index is 10.9. The van der Waals surface area contributed by atoms with Crippen molar-refractivity contribution in [3.05, 3.63) is 101 Å². The fraction of sp³-hybridized carbons (Fsp3) is 0.160. The molecule has 0 fully saturated rings. The van der Waals surface area contributed by atoms with Crippen molar-refractivity contribution in [3.8, 4) is 5.75 Å². The largest absolute Gasteiger partial charge is 0.482 e. The monoisotopic (exact) mass is 414 g/mol. The zero-order valence-electron chi connectivity index (χ0n) is 16.9. The topological polar surface area (TPSA) is 81.0 Å². The van der Waals surface area contributed by atoms with Crippen LogP contribution in [0.3, 0.4) is 0 Å². The minimum atomic E-state index is -0.995. The SMILES string of the molecule is O=C(O)COc1cccc2c1CCC=C2CON=C(c1ccccc1)c1cccnc1. The zero-order valence-corrected chi connectivity index (χ0v) is 16.9. The highest BCUT2D eigenvalue weighted by atomic mass is 16.6. The first-order chi connectivity index (χ1) is 15.2. The van der Waals surface area contributed by atoms with Crippen LogP contribution in [0, 0.1) is 0 Å². The predicted octanol–water partition coefficient (Wildman–Crippen LogP) is 4.34. The van der Waals surface area contributed by atoms with Gasteiger partial charge >= 0.3 is 5.97 Å². The Morgan fingerprint density at radius 2 is 1.87 bits per heavy atom. The number of benzene rings is 2. The number of rotatable bonds is 8. The second-order valence-electron chi connectivity index (χ2n) is 7.05. The van der Waals surface area contributed by atoms with E-state index in [9.17, 15) is 4.79 Å². The third kappa shape index (κ3) is 4.98. The van der Waals surface area contributed by atoms with Crippen molar-refractivity contribution >= 4 is 17.3 Å². The van der Waals surface area contributed by atoms with Crippen LogP contribution in [-0.4, -0.2) is 35.0 Å². The molecule has 6 nitrogen and oxygen atoms in total. The molecule has 4 rings (SSSR count). The van der Waals surface area contributed by atoms with E-state index in [1.54, 1.807) is 18.5 Å². The molecule has 1 aliphatic carbocycles. The Labute approximate surface area is 180 Å². The summed E-state index contributed by atoms with van der Waals surface area (Å²) in [4.78, 5) is 20.9. The summed E-state index contributed by atoms with van der Waals surface area (Å²) in [6, 6.07) is 19.3. The average molecular weight is 414 g/mol. The highest BCUT2D eigenvalue weighted by Gasteiger charge is 2.18. The molecule has 1 aliphatic rings. The molecule has 2 aromatic carbocycles. The van der Waals surface area contributed by atoms with E-state index in [0.717, 1.165) is 40.7 Å². The Morgan fingerprint density at radius 3 is 2.65 bits per heavy atom. The third-order valence-corrected chi connectivity index (χ3v) is 4.97. The number of oxime groups is 1. The van der Waals surface area contributed by atoms with Gasteiger partial charge in [-0.25, -0.2) is 4.79 Å². The molecular weight excluding hydrogens is 392 g/mol. The Balaban J connectivity index is 1.55. The molecule has 156 valence electrons. The Morgan fingerprint density at radius 1 is 1.03 bits per heavy atom. The van der Waals surface area contributed by atoms with Crippen molar-refractivity contribution in [1.82, 2.24) is 4.98 Å². The molecule has 3 aromatic rings. The lowest BCUT2D eigenvalue weighted by molar-refractivity contribution is -0.139. The smallest absolute Gasteiger partial charge is 0.341 e. The first kappa shape index (κ1) is 20.3. The number of ether oxygens (including phenoxy) is 1. The van der Waals surface area contributed by atoms with Gasteiger partial charge in [0.1, 0.15) is 18.1 Å². The van der Waals surface area contributed by atoms with E-state index < -0.39 is 5.97 Å². The van der Waals surface area contributed by atoms with Gasteiger partial charge in [0, 0.05) is 29.1 Å². The van der Waals surface area contributed by atoms with Crippen LogP contribution in [0.25, 0.3) is 5.57 Å². The van der Waals surface area contributed by atoms with Gasteiger partial charge in [0.25, 0.3) is 0 Å². The summed E-state index contributed by atoms with van der Waals surface area (Å²) in [5, 5.41) is 13.4. The van der Waals surface area contributed by atoms with Crippen molar-refractivity contribution in [2.24, 2.45) is 5.16 Å². The summed E-state index contributed by atoms with van der Waals surface area (Å²) in [7, 11) is 0. The standard InChI is InChI=1S/C25H22N2O4/c28-24(29)17-30-23-13-5-11-21-20(9-4-12-22(21)23)16-31-27-25(18-7-2-1-3-8-18)19-10-6-14-26-15-19/h1-3,5-11,13-15H,4,12,16-17H2,(H,28,29). The Hall–Kier alpha value is -3.93. The molecule has 0 saturated heterocycles. The van der Waals surface area contributed by atoms with Gasteiger partial charge in [0.05, 0.1) is 0 Å². The van der Waals surface area contributed by atoms with E-state index >= 15 is 0 Å². The van der Waals surface area contributed by atoms with Gasteiger partial charge in [-0.3, -0.25) is 4.98 Å². The maximum absolute atomic E-state index is 10.9. The molecule has 0 radical (unpaired) electrons. The second-order valence-corrected chi connectivity index (χ2v) is 7.05. The molecule has 1 N–H and O–H groups in total. The van der Waals surface area contributed by atoms with Gasteiger partial charge < -0.3 is 14.7 Å². The number of hydrogen-bond acceptors (Lipinski definition) is 5. The average Bonchev–Trinajstić information content (AvgIpc) is 2.81. The van der Waals surface area contributed by atoms with Gasteiger partial charge in [-0.15, -0.1) is 0 Å². The molecular formula is C25H22N2O4. The van der Waals surface area contributed by atoms with E-state index in [1.807, 2.05) is 54.6 Å². The maximum Gasteiger partial charge on any atom is 0.341 e. The number of carboxylic acids is 1. The number of aromatic nitrogens is 1. The molecule has 0 atom stereocenters. The normalized spacial score (nSPS) is 13.2. The number of hydrogen-bond donors (Lipinski definition) is 1. The minimum Gasteiger partial charge on any atom is -0.482 e. The molecule has 1 aromatic heterocycles. The molecule has 0 aliphatic heterocycles. The van der Waals surface area contributed by atoms with Crippen LogP contribution in [0.5, 0.6) is 5.75 Å². The molecule has 0 spiro atoms. The van der Waals surface area contributed by atoms with Crippen LogP contribution in [0.2, 0.25) is 0 Å². The summed E-state index contributed by atoms with van der Waals surface area (Å²) >= 11 is 0. The number of carbonyl (C=O) groups is 1. The fourth-order valence-electron chi connectivity index (χ4n) is 3.57. The van der Waals surface area contributed by atoms with Gasteiger partial charge in [-0.05, 0) is 42.2 Å². The molecule has 0 amide bonds. The first-order valence-corrected chi connectivity index (χ1v) is 10.0. The lowest BCUT2D eigenvalue weighted by atomic mass is 9.90. The van der Waals surface area contributed by atoms with Crippen molar-refractivity contribution in [1.29, 1.82) is 0 Å². The molecule has 6 heteroatoms. The number of pyridine rings is 1. The summed E-state index contributed by atoms with van der Waals surface area (Å²) < 4.78 is 5.47. The number of carboxylic acid groups (broad SMARTS) is 1. The lowest BCUT2D eigenvalue weighted by Gasteiger charge is -2.20. The van der Waals surface area contributed by atoms with Crippen molar-refractivity contribution in [2.45, 2.75) is 12.8 Å². The predicted molar refractivity (Wildman–Crippen MR) is 118 cm³/mol. The molecule has 31 heavy (non-hydrogen) atoms. The van der Waals surface area contributed by atoms with Crippen LogP contribution in [0.15, 0.2) is 84.3 Å². The summed E-state index contributed by atoms with van der Waals surface area (Å²) in [6.45, 7) is -0.0617. The van der Waals surface area contributed by atoms with Crippen LogP contribution >= 0.6 is 0 Å². The summed E-state index contributed by atoms with van der Waals surface area (Å²) in [6.07, 6.45) is 7.24. The van der Waals surface area contributed by atoms with Crippen LogP contribution in [-0.2, 0) is 16.1 Å². The van der Waals surface area contributed by atoms with Crippen LogP contribution < -0.4 is 4.74 Å². The van der Waals surface area contributed by atoms with E-state index in [-0.39, 0.29) is 6.61 Å². The molecule has 0 bridgehead atoms. The van der Waals surface area contributed by atoms with Crippen LogP contribution in [0.4, 0.5) is 0 Å². The number of nitrogens with zero attached hydrogens (tertiary/aromatic N) is 2. The molecule has 1 heterocycles. The summed E-state index contributed by atoms with van der Waals surface area (Å²) in [5.74, 6) is -0.389. The lowest BCUT2D eigenvalue weighted by Crippen LogP contribution is -2.12. The highest BCUT2D eigenvalue weighted by molar-refractivity contribution is 6.12. The van der Waals surface area contributed by atoms with E-state index in [4.69, 9.17) is 14.7 Å². The van der Waals surface area contributed by atoms with Gasteiger partial charge in [-0.2, -0.15) is 0 Å². The number of aliphatic carboxylic acids is 1. The molecule has 0 unspecified atom stereocenters. The zero-order chi connectivity index (χ0) is 21.5. The fourth-order valence-corrected chi connectivity index (χ4v) is 3.57. The van der Waals surface area contributed by atoms with Gasteiger partial charge in [0.2, 0.25) is 0 Å². The van der Waals surface area contributed by atoms with Crippen LogP contribution in [0.1, 0.15) is 28.7 Å². The van der Waals surface area contributed by atoms with E-state index in [0.29, 0.717) is 18.1 Å². The van der Waals surface area contributed by atoms with E-state index in [1.165, 1.54) is 0 Å². The third-order valence-electron chi connectivity index (χ3n) is 4.97. The summed E-state index contributed by atoms with van der Waals surface area (Å²) in [5.41, 5.74) is 5.54. The first-order valence-electron chi connectivity index (χ1n) is 10.0. The van der Waals surface area contributed by atoms with Crippen molar-refractivity contribution < 1.29 is 19.5 Å². The number of fused-ring (bicyclic) bond motifs is 1. The quantitative estimate of drug-likeness (QED) is 0.438. The minimum absolute atomic E-state index is 0.298. The van der Waals surface area contributed by atoms with Gasteiger partial charge in [-0.1, -0.05) is 53.7 Å². The van der Waals surface area contributed by atoms with E-state index in [2.05, 4.69) is 16.2 Å². The Bertz CT molecular complexity index is 1070. The van der Waals surface area contributed by atoms with Crippen molar-refractivity contribution in [3.63, 3.8) is 0 Å². The number of allylic oxidation sites excluding steroid dienone is 1. The highest BCUT2D eigenvalue weighted by Crippen LogP contribution is 2.33.